The van der Waals surface area contributed by atoms with Crippen LogP contribution in [0.5, 0.6) is 11.8 Å². The third kappa shape index (κ3) is 5.52. The quantitative estimate of drug-likeness (QED) is 0.235. The van der Waals surface area contributed by atoms with E-state index in [9.17, 15) is 22.8 Å². The molecule has 4 aromatic rings. The van der Waals surface area contributed by atoms with E-state index in [-0.39, 0.29) is 91.0 Å². The minimum atomic E-state index is -2.74. The minimum Gasteiger partial charge on any atom is -0.491 e. The van der Waals surface area contributed by atoms with E-state index in [0.29, 0.717) is 12.6 Å². The number of ether oxygens (including phenoxy) is 3. The van der Waals surface area contributed by atoms with Gasteiger partial charge in [-0.3, -0.25) is 4.90 Å². The third-order valence-electron chi connectivity index (χ3n) is 9.40. The molecule has 4 unspecified atom stereocenters. The van der Waals surface area contributed by atoms with Crippen LogP contribution in [0, 0.1) is 28.9 Å². The second-order valence-corrected chi connectivity index (χ2v) is 13.6. The van der Waals surface area contributed by atoms with Crippen LogP contribution in [-0.4, -0.2) is 86.1 Å². The van der Waals surface area contributed by atoms with Crippen molar-refractivity contribution in [2.45, 2.75) is 43.9 Å². The largest absolute Gasteiger partial charge is 0.491 e. The van der Waals surface area contributed by atoms with Gasteiger partial charge < -0.3 is 24.8 Å². The van der Waals surface area contributed by atoms with Gasteiger partial charge in [0.1, 0.15) is 34.4 Å². The van der Waals surface area contributed by atoms with Crippen LogP contribution < -0.4 is 20.1 Å². The lowest BCUT2D eigenvalue weighted by Gasteiger charge is -2.35. The summed E-state index contributed by atoms with van der Waals surface area (Å²) in [5.41, 5.74) is 5.51. The molecule has 4 atom stereocenters. The fourth-order valence-corrected chi connectivity index (χ4v) is 8.53. The molecule has 254 valence electrons. The average molecular weight is 709 g/mol. The van der Waals surface area contributed by atoms with Gasteiger partial charge >= 0.3 is 6.01 Å². The van der Waals surface area contributed by atoms with Gasteiger partial charge in [-0.25, -0.2) is 22.0 Å². The maximum Gasteiger partial charge on any atom is 0.318 e. The van der Waals surface area contributed by atoms with Gasteiger partial charge in [-0.1, -0.05) is 17.7 Å². The summed E-state index contributed by atoms with van der Waals surface area (Å²) >= 11 is 7.67. The highest BCUT2D eigenvalue weighted by molar-refractivity contribution is 7.23. The number of anilines is 2. The Morgan fingerprint density at radius 2 is 2.02 bits per heavy atom. The Balaban J connectivity index is 0.000000347. The monoisotopic (exact) mass is 708 g/mol. The number of thiophene rings is 1. The van der Waals surface area contributed by atoms with Crippen LogP contribution in [0.2, 0.25) is 5.02 Å². The van der Waals surface area contributed by atoms with Crippen LogP contribution in [0.4, 0.5) is 32.8 Å². The zero-order chi connectivity index (χ0) is 33.9. The Morgan fingerprint density at radius 3 is 2.75 bits per heavy atom. The average Bonchev–Trinajstić information content (AvgIpc) is 3.84. The first-order chi connectivity index (χ1) is 23.1. The fourth-order valence-electron chi connectivity index (χ4n) is 7.25. The number of aromatic nitrogens is 2. The Bertz CT molecular complexity index is 1930. The molecule has 0 amide bonds. The van der Waals surface area contributed by atoms with Crippen molar-refractivity contribution < 1.29 is 36.2 Å². The van der Waals surface area contributed by atoms with Gasteiger partial charge in [0.15, 0.2) is 11.6 Å². The number of hydrogen-bond donors (Lipinski definition) is 1. The number of nitrogen functional groups attached to an aromatic ring is 1. The standard InChI is InChI=1S/C25H18ClF4N5O3S.C7H12FN/c1-36-25-33-20-17-21(38-7-9-6-37-8-13(9)35(5-14(28)29)24(17)34-25)18(26)16(19(20)30)10-2-3-12(27)22-15(10)11(4-31)23(32)39-22;8-6-4-7-2-1-3-9(7)5-6/h2-3,9,13-14H,5-8,32H2,1H3;6-7H,1-5H2. The molecule has 0 spiro atoms. The molecule has 6 heterocycles. The Labute approximate surface area is 280 Å². The summed E-state index contributed by atoms with van der Waals surface area (Å²) in [6.07, 6.45) is 0.0690. The summed E-state index contributed by atoms with van der Waals surface area (Å²) in [6, 6.07) is 4.18. The molecule has 3 saturated heterocycles. The van der Waals surface area contributed by atoms with E-state index < -0.39 is 36.8 Å². The molecule has 9 nitrogen and oxygen atoms in total. The normalized spacial score (nSPS) is 23.4. The molecule has 2 aromatic carbocycles. The van der Waals surface area contributed by atoms with E-state index in [1.807, 2.05) is 6.07 Å². The van der Waals surface area contributed by atoms with Crippen molar-refractivity contribution in [3.05, 3.63) is 34.4 Å². The molecule has 0 saturated carbocycles. The summed E-state index contributed by atoms with van der Waals surface area (Å²) in [5.74, 6) is -2.00. The predicted octanol–water partition coefficient (Wildman–Crippen LogP) is 6.58. The fraction of sp³-hybridized carbons (Fsp3) is 0.469. The molecule has 48 heavy (non-hydrogen) atoms. The maximum absolute atomic E-state index is 16.5. The Morgan fingerprint density at radius 1 is 1.21 bits per heavy atom. The van der Waals surface area contributed by atoms with Crippen molar-refractivity contribution in [1.82, 2.24) is 14.9 Å². The molecule has 4 aliphatic heterocycles. The van der Waals surface area contributed by atoms with Gasteiger partial charge in [-0.15, -0.1) is 11.3 Å². The number of nitriles is 1. The van der Waals surface area contributed by atoms with Crippen LogP contribution in [0.3, 0.4) is 0 Å². The van der Waals surface area contributed by atoms with Crippen molar-refractivity contribution in [2.24, 2.45) is 5.92 Å². The van der Waals surface area contributed by atoms with Gasteiger partial charge in [-0.05, 0) is 37.4 Å². The van der Waals surface area contributed by atoms with Crippen molar-refractivity contribution in [1.29, 1.82) is 5.26 Å². The predicted molar refractivity (Wildman–Crippen MR) is 172 cm³/mol. The van der Waals surface area contributed by atoms with Crippen LogP contribution in [-0.2, 0) is 4.74 Å². The number of nitrogens with zero attached hydrogens (tertiary/aromatic N) is 5. The molecule has 2 aromatic heterocycles. The molecule has 0 aliphatic carbocycles. The number of methoxy groups -OCH3 is 1. The first kappa shape index (κ1) is 32.8. The van der Waals surface area contributed by atoms with E-state index in [1.54, 1.807) is 0 Å². The Hall–Kier alpha value is -3.71. The molecule has 8 rings (SSSR count). The zero-order valence-corrected chi connectivity index (χ0v) is 27.2. The van der Waals surface area contributed by atoms with Gasteiger partial charge in [0.25, 0.3) is 6.43 Å². The lowest BCUT2D eigenvalue weighted by molar-refractivity contribution is 0.146. The SMILES string of the molecule is COc1nc2c3c(c(Cl)c(-c4ccc(F)c5sc(N)c(C#N)c45)c(F)c3n1)OCC1COCC1N2CC(F)F.FC1CC2CCCN2C1. The summed E-state index contributed by atoms with van der Waals surface area (Å²) in [4.78, 5) is 12.1. The summed E-state index contributed by atoms with van der Waals surface area (Å²) in [6.45, 7) is 1.56. The first-order valence-electron chi connectivity index (χ1n) is 15.4. The Kier molecular flexibility index (Phi) is 8.86. The maximum atomic E-state index is 16.5. The molecular weight excluding hydrogens is 679 g/mol. The topological polar surface area (TPSA) is 110 Å². The smallest absolute Gasteiger partial charge is 0.318 e. The molecular formula is C32H30ClF5N6O3S. The van der Waals surface area contributed by atoms with Gasteiger partial charge in [0, 0.05) is 29.5 Å². The second kappa shape index (κ2) is 13.0. The molecule has 0 bridgehead atoms. The lowest BCUT2D eigenvalue weighted by Crippen LogP contribution is -2.46. The van der Waals surface area contributed by atoms with Crippen molar-refractivity contribution in [2.75, 3.05) is 57.2 Å². The zero-order valence-electron chi connectivity index (χ0n) is 25.6. The number of benzene rings is 2. The van der Waals surface area contributed by atoms with Gasteiger partial charge in [-0.2, -0.15) is 15.2 Å². The molecule has 2 N–H and O–H groups in total. The van der Waals surface area contributed by atoms with E-state index >= 15 is 4.39 Å². The van der Waals surface area contributed by atoms with Crippen molar-refractivity contribution >= 4 is 54.7 Å². The minimum absolute atomic E-state index is 0.0169. The molecule has 4 aliphatic rings. The summed E-state index contributed by atoms with van der Waals surface area (Å²) in [7, 11) is 1.26. The lowest BCUT2D eigenvalue weighted by atomic mass is 9.95. The van der Waals surface area contributed by atoms with E-state index in [4.69, 9.17) is 31.5 Å². The highest BCUT2D eigenvalue weighted by Gasteiger charge is 2.41. The number of rotatable bonds is 4. The first-order valence-corrected chi connectivity index (χ1v) is 16.6. The van der Waals surface area contributed by atoms with Crippen LogP contribution in [0.15, 0.2) is 12.1 Å². The highest BCUT2D eigenvalue weighted by Crippen LogP contribution is 2.51. The summed E-state index contributed by atoms with van der Waals surface area (Å²) in [5, 5.41) is 9.65. The molecule has 0 radical (unpaired) electrons. The van der Waals surface area contributed by atoms with E-state index in [0.717, 1.165) is 30.4 Å². The van der Waals surface area contributed by atoms with Gasteiger partial charge in [0.05, 0.1) is 60.2 Å². The number of halogens is 6. The summed E-state index contributed by atoms with van der Waals surface area (Å²) < 4.78 is 88.4. The van der Waals surface area contributed by atoms with Gasteiger partial charge in [0.2, 0.25) is 0 Å². The third-order valence-corrected chi connectivity index (χ3v) is 10.8. The molecule has 16 heteroatoms. The van der Waals surface area contributed by atoms with Crippen molar-refractivity contribution in [3.63, 3.8) is 0 Å². The van der Waals surface area contributed by atoms with Crippen LogP contribution in [0.25, 0.3) is 32.1 Å². The number of nitrogens with two attached hydrogens (primary N) is 1. The number of hydrogen-bond acceptors (Lipinski definition) is 10. The van der Waals surface area contributed by atoms with Crippen LogP contribution >= 0.6 is 22.9 Å². The van der Waals surface area contributed by atoms with E-state index in [1.165, 1.54) is 30.9 Å². The number of fused-ring (bicyclic) bond motifs is 3. The van der Waals surface area contributed by atoms with Crippen LogP contribution in [0.1, 0.15) is 24.8 Å². The number of alkyl halides is 3. The van der Waals surface area contributed by atoms with E-state index in [2.05, 4.69) is 14.9 Å². The highest BCUT2D eigenvalue weighted by atomic mass is 35.5. The second-order valence-electron chi connectivity index (χ2n) is 12.2. The van der Waals surface area contributed by atoms with Crippen molar-refractivity contribution in [3.8, 4) is 29.0 Å². The molecule has 3 fully saturated rings.